The molecular formula is C14H16N2O. The molecule has 0 saturated carbocycles. The van der Waals surface area contributed by atoms with Gasteiger partial charge in [-0.05, 0) is 26.8 Å². The van der Waals surface area contributed by atoms with Gasteiger partial charge in [0.2, 0.25) is 0 Å². The van der Waals surface area contributed by atoms with Crippen molar-refractivity contribution in [3.63, 3.8) is 0 Å². The van der Waals surface area contributed by atoms with Crippen LogP contribution in [0.5, 0.6) is 0 Å². The van der Waals surface area contributed by atoms with Gasteiger partial charge in [0.15, 0.2) is 5.82 Å². The predicted molar refractivity (Wildman–Crippen MR) is 67.4 cm³/mol. The third-order valence-corrected chi connectivity index (χ3v) is 2.47. The third-order valence-electron chi connectivity index (χ3n) is 2.47. The molecule has 2 rings (SSSR count). The summed E-state index contributed by atoms with van der Waals surface area (Å²) in [5.74, 6) is 0.455. The lowest BCUT2D eigenvalue weighted by Gasteiger charge is -2.16. The molecule has 0 amide bonds. The molecule has 88 valence electrons. The quantitative estimate of drug-likeness (QED) is 0.859. The number of hydrogen-bond donors (Lipinski definition) is 1. The summed E-state index contributed by atoms with van der Waals surface area (Å²) in [5, 5.41) is 9.96. The summed E-state index contributed by atoms with van der Waals surface area (Å²) in [6.45, 7) is 5.29. The average Bonchev–Trinajstić information content (AvgIpc) is 2.28. The van der Waals surface area contributed by atoms with E-state index < -0.39 is 5.60 Å². The molecule has 1 heterocycles. The van der Waals surface area contributed by atoms with Crippen LogP contribution >= 0.6 is 0 Å². The fourth-order valence-corrected chi connectivity index (χ4v) is 1.60. The summed E-state index contributed by atoms with van der Waals surface area (Å²) >= 11 is 0. The lowest BCUT2D eigenvalue weighted by atomic mass is 10.1. The van der Waals surface area contributed by atoms with E-state index in [9.17, 15) is 5.11 Å². The first-order chi connectivity index (χ1) is 7.97. The van der Waals surface area contributed by atoms with E-state index in [0.717, 1.165) is 17.0 Å². The summed E-state index contributed by atoms with van der Waals surface area (Å²) in [6, 6.07) is 11.8. The zero-order valence-corrected chi connectivity index (χ0v) is 10.3. The molecule has 0 aliphatic heterocycles. The van der Waals surface area contributed by atoms with Crippen molar-refractivity contribution >= 4 is 0 Å². The van der Waals surface area contributed by atoms with Crippen LogP contribution in [0.4, 0.5) is 0 Å². The van der Waals surface area contributed by atoms with Crippen LogP contribution in [0.25, 0.3) is 11.3 Å². The molecule has 3 heteroatoms. The minimum absolute atomic E-state index is 0.455. The van der Waals surface area contributed by atoms with Gasteiger partial charge in [-0.2, -0.15) is 0 Å². The average molecular weight is 228 g/mol. The van der Waals surface area contributed by atoms with Crippen molar-refractivity contribution in [2.24, 2.45) is 0 Å². The first-order valence-electron chi connectivity index (χ1n) is 5.61. The zero-order chi connectivity index (χ0) is 12.5. The molecule has 0 aliphatic rings. The van der Waals surface area contributed by atoms with Gasteiger partial charge in [0.1, 0.15) is 5.60 Å². The minimum atomic E-state index is -1.02. The Kier molecular flexibility index (Phi) is 2.94. The van der Waals surface area contributed by atoms with Crippen molar-refractivity contribution < 1.29 is 5.11 Å². The minimum Gasteiger partial charge on any atom is -0.382 e. The number of aromatic nitrogens is 2. The maximum absolute atomic E-state index is 9.96. The molecule has 0 fully saturated rings. The molecule has 0 unspecified atom stereocenters. The van der Waals surface area contributed by atoms with Gasteiger partial charge >= 0.3 is 0 Å². The van der Waals surface area contributed by atoms with Gasteiger partial charge in [0, 0.05) is 11.3 Å². The summed E-state index contributed by atoms with van der Waals surface area (Å²) in [4.78, 5) is 8.68. The van der Waals surface area contributed by atoms with E-state index in [1.165, 1.54) is 0 Å². The summed E-state index contributed by atoms with van der Waals surface area (Å²) in [7, 11) is 0. The molecule has 17 heavy (non-hydrogen) atoms. The Labute approximate surface area is 101 Å². The van der Waals surface area contributed by atoms with Gasteiger partial charge in [-0.15, -0.1) is 0 Å². The Morgan fingerprint density at radius 3 is 2.29 bits per heavy atom. The van der Waals surface area contributed by atoms with Crippen LogP contribution in [0, 0.1) is 6.92 Å². The number of hydrogen-bond acceptors (Lipinski definition) is 3. The van der Waals surface area contributed by atoms with Crippen LogP contribution in [0.2, 0.25) is 0 Å². The molecule has 0 spiro atoms. The van der Waals surface area contributed by atoms with Gasteiger partial charge < -0.3 is 5.11 Å². The first kappa shape index (κ1) is 11.7. The van der Waals surface area contributed by atoms with E-state index in [0.29, 0.717) is 5.82 Å². The van der Waals surface area contributed by atoms with Gasteiger partial charge in [0.25, 0.3) is 0 Å². The monoisotopic (exact) mass is 228 g/mol. The van der Waals surface area contributed by atoms with Crippen LogP contribution in [0.1, 0.15) is 25.4 Å². The second-order valence-corrected chi connectivity index (χ2v) is 4.64. The molecule has 1 aromatic heterocycles. The highest BCUT2D eigenvalue weighted by Gasteiger charge is 2.20. The lowest BCUT2D eigenvalue weighted by Crippen LogP contribution is -2.20. The standard InChI is InChI=1S/C14H16N2O/c1-10-9-12(11-7-5-4-6-8-11)16-13(15-10)14(2,3)17/h4-9,17H,1-3H3. The fraction of sp³-hybridized carbons (Fsp3) is 0.286. The van der Waals surface area contributed by atoms with Crippen molar-refractivity contribution in [3.8, 4) is 11.3 Å². The number of benzene rings is 1. The Hall–Kier alpha value is -1.74. The molecule has 1 N–H and O–H groups in total. The second kappa shape index (κ2) is 4.26. The Bertz CT molecular complexity index is 515. The second-order valence-electron chi connectivity index (χ2n) is 4.64. The van der Waals surface area contributed by atoms with Crippen molar-refractivity contribution in [1.29, 1.82) is 0 Å². The lowest BCUT2D eigenvalue weighted by molar-refractivity contribution is 0.0686. The summed E-state index contributed by atoms with van der Waals surface area (Å²) < 4.78 is 0. The molecule has 2 aromatic rings. The highest BCUT2D eigenvalue weighted by molar-refractivity contribution is 5.59. The molecule has 0 radical (unpaired) electrons. The van der Waals surface area contributed by atoms with Crippen LogP contribution in [-0.4, -0.2) is 15.1 Å². The van der Waals surface area contributed by atoms with E-state index in [-0.39, 0.29) is 0 Å². The van der Waals surface area contributed by atoms with Crippen molar-refractivity contribution in [3.05, 3.63) is 47.9 Å². The van der Waals surface area contributed by atoms with Crippen molar-refractivity contribution in [2.45, 2.75) is 26.4 Å². The summed E-state index contributed by atoms with van der Waals surface area (Å²) in [5.41, 5.74) is 1.71. The highest BCUT2D eigenvalue weighted by atomic mass is 16.3. The van der Waals surface area contributed by atoms with E-state index in [4.69, 9.17) is 0 Å². The Morgan fingerprint density at radius 1 is 1.06 bits per heavy atom. The van der Waals surface area contributed by atoms with Gasteiger partial charge in [-0.3, -0.25) is 0 Å². The third kappa shape index (κ3) is 2.68. The van der Waals surface area contributed by atoms with E-state index in [2.05, 4.69) is 9.97 Å². The van der Waals surface area contributed by atoms with E-state index in [1.54, 1.807) is 13.8 Å². The van der Waals surface area contributed by atoms with Crippen LogP contribution in [0.15, 0.2) is 36.4 Å². The van der Waals surface area contributed by atoms with Crippen LogP contribution < -0.4 is 0 Å². The van der Waals surface area contributed by atoms with Gasteiger partial charge in [-0.25, -0.2) is 9.97 Å². The topological polar surface area (TPSA) is 46.0 Å². The van der Waals surface area contributed by atoms with Crippen LogP contribution in [-0.2, 0) is 5.60 Å². The Morgan fingerprint density at radius 2 is 1.71 bits per heavy atom. The van der Waals surface area contributed by atoms with E-state index >= 15 is 0 Å². The Balaban J connectivity index is 2.54. The fourth-order valence-electron chi connectivity index (χ4n) is 1.60. The molecule has 0 aliphatic carbocycles. The number of aliphatic hydroxyl groups is 1. The first-order valence-corrected chi connectivity index (χ1v) is 5.61. The van der Waals surface area contributed by atoms with Crippen molar-refractivity contribution in [2.75, 3.05) is 0 Å². The molecule has 0 bridgehead atoms. The highest BCUT2D eigenvalue weighted by Crippen LogP contribution is 2.21. The molecule has 0 saturated heterocycles. The molecule has 0 atom stereocenters. The SMILES string of the molecule is Cc1cc(-c2ccccc2)nc(C(C)(C)O)n1. The normalized spacial score (nSPS) is 11.5. The summed E-state index contributed by atoms with van der Waals surface area (Å²) in [6.07, 6.45) is 0. The van der Waals surface area contributed by atoms with Gasteiger partial charge in [-0.1, -0.05) is 30.3 Å². The largest absolute Gasteiger partial charge is 0.382 e. The number of aryl methyl sites for hydroxylation is 1. The van der Waals surface area contributed by atoms with Gasteiger partial charge in [0.05, 0.1) is 5.69 Å². The van der Waals surface area contributed by atoms with Crippen LogP contribution in [0.3, 0.4) is 0 Å². The number of nitrogens with zero attached hydrogens (tertiary/aromatic N) is 2. The number of rotatable bonds is 2. The van der Waals surface area contributed by atoms with E-state index in [1.807, 2.05) is 43.3 Å². The van der Waals surface area contributed by atoms with Crippen molar-refractivity contribution in [1.82, 2.24) is 9.97 Å². The molecule has 1 aromatic carbocycles. The maximum atomic E-state index is 9.96. The zero-order valence-electron chi connectivity index (χ0n) is 10.3. The smallest absolute Gasteiger partial charge is 0.160 e. The maximum Gasteiger partial charge on any atom is 0.160 e. The molecular weight excluding hydrogens is 212 g/mol. The predicted octanol–water partition coefficient (Wildman–Crippen LogP) is 2.68. The molecule has 3 nitrogen and oxygen atoms in total.